The van der Waals surface area contributed by atoms with E-state index in [0.29, 0.717) is 0 Å². The molecule has 4 atom stereocenters. The molecule has 2 heterocycles. The summed E-state index contributed by atoms with van der Waals surface area (Å²) in [7, 11) is 4.04. The van der Waals surface area contributed by atoms with E-state index in [1.807, 2.05) is 0 Å². The Morgan fingerprint density at radius 1 is 0.921 bits per heavy atom. The van der Waals surface area contributed by atoms with Crippen molar-refractivity contribution in [3.8, 4) is 0 Å². The zero-order chi connectivity index (χ0) is 27.5. The second kappa shape index (κ2) is 15.1. The van der Waals surface area contributed by atoms with Crippen molar-refractivity contribution in [3.05, 3.63) is 91.0 Å². The predicted octanol–water partition coefficient (Wildman–Crippen LogP) is 3.20. The first-order valence-corrected chi connectivity index (χ1v) is 15.4. The first kappa shape index (κ1) is 30.8. The van der Waals surface area contributed by atoms with Gasteiger partial charge in [0.1, 0.15) is 18.3 Å². The van der Waals surface area contributed by atoms with Gasteiger partial charge in [0.2, 0.25) is 0 Å². The van der Waals surface area contributed by atoms with Gasteiger partial charge in [0.25, 0.3) is 0 Å². The van der Waals surface area contributed by atoms with Gasteiger partial charge in [-0.05, 0) is 42.9 Å². The largest absolute Gasteiger partial charge is 0.0622 e. The molecular formula is C27H29ClN3O4PPdS. The second-order valence-corrected chi connectivity index (χ2v) is 11.2. The number of rotatable bonds is 5. The zero-order valence-electron chi connectivity index (χ0n) is 20.7. The third-order valence-electron chi connectivity index (χ3n) is 5.47. The van der Waals surface area contributed by atoms with Gasteiger partial charge in [0, 0.05) is 0 Å². The van der Waals surface area contributed by atoms with E-state index in [2.05, 4.69) is 142 Å². The van der Waals surface area contributed by atoms with E-state index in [0.717, 1.165) is 0 Å². The fourth-order valence-electron chi connectivity index (χ4n) is 3.97. The van der Waals surface area contributed by atoms with Crippen LogP contribution in [0.1, 0.15) is 13.8 Å². The van der Waals surface area contributed by atoms with Crippen LogP contribution in [-0.4, -0.2) is 46.9 Å². The number of nitrogens with two attached hydrogens (primary N) is 1. The number of hydrogen-bond acceptors (Lipinski definition) is 7. The van der Waals surface area contributed by atoms with Crippen molar-refractivity contribution in [2.75, 3.05) is 0 Å². The van der Waals surface area contributed by atoms with Crippen molar-refractivity contribution < 1.29 is 37.5 Å². The third-order valence-corrected chi connectivity index (χ3v) is 7.99. The molecule has 3 N–H and O–H groups in total. The Labute approximate surface area is 245 Å². The van der Waals surface area contributed by atoms with Gasteiger partial charge in [-0.3, -0.25) is 0 Å². The number of hydrogen-bond donors (Lipinski definition) is 2. The number of aliphatic hydroxyl groups is 1. The van der Waals surface area contributed by atoms with Gasteiger partial charge in [0.05, 0.1) is 6.21 Å². The minimum Gasteiger partial charge on any atom is -0.0622 e. The zero-order valence-corrected chi connectivity index (χ0v) is 24.8. The monoisotopic (exact) mass is 663 g/mol. The maximum atomic E-state index is 9.93. The minimum absolute atomic E-state index is 0.0810. The molecule has 0 saturated carbocycles. The molecule has 3 aromatic carbocycles. The molecule has 0 spiro atoms. The van der Waals surface area contributed by atoms with Crippen molar-refractivity contribution in [2.45, 2.75) is 44.2 Å². The summed E-state index contributed by atoms with van der Waals surface area (Å²) in [5.41, 5.74) is 5.14. The van der Waals surface area contributed by atoms with Gasteiger partial charge in [0.15, 0.2) is 12.1 Å². The Bertz CT molecular complexity index is 1080. The van der Waals surface area contributed by atoms with Crippen molar-refractivity contribution in [3.63, 3.8) is 0 Å². The Hall–Kier alpha value is -1.76. The predicted molar refractivity (Wildman–Crippen MR) is 153 cm³/mol. The van der Waals surface area contributed by atoms with Crippen LogP contribution in [-0.2, 0) is 45.0 Å². The SMILES string of the molecule is CC1(C)O[C@H]2O[C@H](/C=N/N=C(/N)[S-])[C@H](O)[C@H]2O1.[Cl][Pd+].c1ccc(P(c2ccccc2)c2ccccc2)cc1. The number of benzene rings is 3. The van der Waals surface area contributed by atoms with E-state index < -0.39 is 38.3 Å². The first-order valence-electron chi connectivity index (χ1n) is 11.6. The molecule has 2 aliphatic rings. The van der Waals surface area contributed by atoms with E-state index in [4.69, 9.17) is 19.9 Å². The summed E-state index contributed by atoms with van der Waals surface area (Å²) in [5.74, 6) is -0.748. The van der Waals surface area contributed by atoms with Crippen LogP contribution in [0.3, 0.4) is 0 Å². The molecule has 5 rings (SSSR count). The average Bonchev–Trinajstić information content (AvgIpc) is 3.39. The van der Waals surface area contributed by atoms with E-state index in [1.165, 1.54) is 22.1 Å². The maximum absolute atomic E-state index is 9.93. The molecule has 7 nitrogen and oxygen atoms in total. The van der Waals surface area contributed by atoms with Crippen molar-refractivity contribution in [1.82, 2.24) is 0 Å². The van der Waals surface area contributed by atoms with Gasteiger partial charge < -0.3 is 37.7 Å². The summed E-state index contributed by atoms with van der Waals surface area (Å²) in [5, 5.41) is 21.1. The number of aliphatic hydroxyl groups excluding tert-OH is 1. The summed E-state index contributed by atoms with van der Waals surface area (Å²) in [6.07, 6.45) is -1.29. The van der Waals surface area contributed by atoms with Crippen molar-refractivity contribution >= 4 is 57.4 Å². The molecule has 204 valence electrons. The van der Waals surface area contributed by atoms with Gasteiger partial charge in [-0.25, -0.2) is 0 Å². The first-order chi connectivity index (χ1) is 18.3. The Kier molecular flexibility index (Phi) is 12.3. The molecule has 0 bridgehead atoms. The minimum atomic E-state index is -0.855. The van der Waals surface area contributed by atoms with Crippen LogP contribution in [0.5, 0.6) is 0 Å². The van der Waals surface area contributed by atoms with Crippen LogP contribution in [0.2, 0.25) is 0 Å². The number of nitrogens with zero attached hydrogens (tertiary/aromatic N) is 2. The van der Waals surface area contributed by atoms with E-state index in [1.54, 1.807) is 13.8 Å². The smallest absolute Gasteiger partial charge is 0.0134 e. The van der Waals surface area contributed by atoms with Crippen LogP contribution in [0, 0.1) is 0 Å². The Morgan fingerprint density at radius 3 is 1.76 bits per heavy atom. The average molecular weight is 664 g/mol. The molecule has 2 saturated heterocycles. The Balaban J connectivity index is 0.000000199. The number of ether oxygens (including phenoxy) is 3. The van der Waals surface area contributed by atoms with E-state index >= 15 is 0 Å². The summed E-state index contributed by atoms with van der Waals surface area (Å²) in [6.45, 7) is 3.51. The van der Waals surface area contributed by atoms with Gasteiger partial charge in [-0.1, -0.05) is 91.0 Å². The molecule has 3 aromatic rings. The number of amidine groups is 1. The summed E-state index contributed by atoms with van der Waals surface area (Å²) >= 11 is 6.74. The molecule has 2 aliphatic heterocycles. The van der Waals surface area contributed by atoms with Crippen LogP contribution in [0.4, 0.5) is 0 Å². The molecule has 0 unspecified atom stereocenters. The van der Waals surface area contributed by atoms with E-state index in [9.17, 15) is 5.11 Å². The van der Waals surface area contributed by atoms with Crippen LogP contribution >= 0.6 is 17.5 Å². The molecule has 11 heteroatoms. The fourth-order valence-corrected chi connectivity index (χ4v) is 6.33. The van der Waals surface area contributed by atoms with Gasteiger partial charge in [-0.15, -0.1) is 0 Å². The molecule has 0 radical (unpaired) electrons. The maximum Gasteiger partial charge on any atom is -0.0134 e. The summed E-state index contributed by atoms with van der Waals surface area (Å²) < 4.78 is 16.4. The van der Waals surface area contributed by atoms with Crippen LogP contribution < -0.4 is 21.6 Å². The van der Waals surface area contributed by atoms with Crippen LogP contribution in [0.15, 0.2) is 101 Å². The summed E-state index contributed by atoms with van der Waals surface area (Å²) in [4.78, 5) is 0. The standard InChI is InChI=1S/C18H15P.C9H15N3O4S.ClH.Pd/c1-4-10-16(11-5-1)19(17-12-6-2-7-13-17)18-14-8-3-9-15-18;1-9(2)15-6-5(13)4(14-7(6)16-9)3-11-12-8(10)17;;/h1-15H;3-7,13H,1-2H3,(H3,10,12,17);1H;/q;;;+2/p-2/b;11-3+;;/t;4-,5+,6-,7-;;/m.1../s1. The molecule has 0 aliphatic carbocycles. The van der Waals surface area contributed by atoms with E-state index in [-0.39, 0.29) is 5.17 Å². The van der Waals surface area contributed by atoms with Gasteiger partial charge in [-0.2, -0.15) is 10.2 Å². The molecule has 2 fully saturated rings. The van der Waals surface area contributed by atoms with Crippen molar-refractivity contribution in [2.24, 2.45) is 15.9 Å². The molecule has 38 heavy (non-hydrogen) atoms. The Morgan fingerprint density at radius 2 is 1.37 bits per heavy atom. The fraction of sp³-hybridized carbons (Fsp3) is 0.259. The van der Waals surface area contributed by atoms with Crippen LogP contribution in [0.25, 0.3) is 0 Å². The quantitative estimate of drug-likeness (QED) is 0.109. The molecule has 0 aromatic heterocycles. The number of fused-ring (bicyclic) bond motifs is 1. The summed E-state index contributed by atoms with van der Waals surface area (Å²) in [6, 6.07) is 32.3. The van der Waals surface area contributed by atoms with Gasteiger partial charge >= 0.3 is 27.7 Å². The topological polar surface area (TPSA) is 98.7 Å². The second-order valence-electron chi connectivity index (χ2n) is 8.60. The molecule has 0 amide bonds. The van der Waals surface area contributed by atoms with Crippen molar-refractivity contribution in [1.29, 1.82) is 0 Å². The third kappa shape index (κ3) is 8.62. The number of halogens is 1. The molecular weight excluding hydrogens is 635 g/mol. The normalized spacial score (nSPS) is 23.8.